The van der Waals surface area contributed by atoms with Crippen molar-refractivity contribution in [2.75, 3.05) is 5.32 Å². The van der Waals surface area contributed by atoms with E-state index >= 15 is 0 Å². The van der Waals surface area contributed by atoms with Gasteiger partial charge in [-0.25, -0.2) is 0 Å². The van der Waals surface area contributed by atoms with Gasteiger partial charge in [0.1, 0.15) is 11.6 Å². The molecule has 0 aliphatic heterocycles. The SMILES string of the molecule is CCc1cccc(-c2ccc(C#C[C@H](N[C@@H](C)C(=O)OC(C)(C)C)C(=O)Nc3cc(=O)[nH]o3)cc2)c1. The van der Waals surface area contributed by atoms with Gasteiger partial charge in [0.25, 0.3) is 11.5 Å². The van der Waals surface area contributed by atoms with Crippen molar-refractivity contribution >= 4 is 17.8 Å². The van der Waals surface area contributed by atoms with Crippen LogP contribution in [0.1, 0.15) is 45.7 Å². The van der Waals surface area contributed by atoms with E-state index in [9.17, 15) is 14.4 Å². The Balaban J connectivity index is 1.80. The second kappa shape index (κ2) is 11.6. The van der Waals surface area contributed by atoms with Crippen LogP contribution in [0.2, 0.25) is 0 Å². The minimum Gasteiger partial charge on any atom is -0.459 e. The van der Waals surface area contributed by atoms with Crippen molar-refractivity contribution in [1.82, 2.24) is 10.5 Å². The number of aromatic nitrogens is 1. The molecule has 2 atom stereocenters. The highest BCUT2D eigenvalue weighted by atomic mass is 16.6. The Bertz CT molecular complexity index is 1320. The maximum Gasteiger partial charge on any atom is 0.323 e. The summed E-state index contributed by atoms with van der Waals surface area (Å²) < 4.78 is 10.3. The molecule has 0 spiro atoms. The van der Waals surface area contributed by atoms with Crippen LogP contribution in [0.25, 0.3) is 11.1 Å². The van der Waals surface area contributed by atoms with Crippen LogP contribution in [-0.4, -0.2) is 34.7 Å². The molecule has 8 heteroatoms. The Labute approximate surface area is 210 Å². The minimum atomic E-state index is -1.09. The molecule has 3 rings (SSSR count). The topological polar surface area (TPSA) is 113 Å². The van der Waals surface area contributed by atoms with E-state index in [2.05, 4.69) is 52.8 Å². The lowest BCUT2D eigenvalue weighted by Crippen LogP contribution is -2.48. The van der Waals surface area contributed by atoms with E-state index in [1.807, 2.05) is 30.3 Å². The highest BCUT2D eigenvalue weighted by Gasteiger charge is 2.26. The fraction of sp³-hybridized carbons (Fsp3) is 0.321. The van der Waals surface area contributed by atoms with Crippen LogP contribution < -0.4 is 16.2 Å². The molecule has 0 saturated heterocycles. The van der Waals surface area contributed by atoms with Gasteiger partial charge in [0.05, 0.1) is 6.07 Å². The second-order valence-electron chi connectivity index (χ2n) is 9.32. The molecule has 1 heterocycles. The zero-order valence-corrected chi connectivity index (χ0v) is 21.1. The smallest absolute Gasteiger partial charge is 0.323 e. The van der Waals surface area contributed by atoms with Crippen LogP contribution >= 0.6 is 0 Å². The number of aryl methyl sites for hydroxylation is 1. The van der Waals surface area contributed by atoms with Gasteiger partial charge in [-0.15, -0.1) is 0 Å². The summed E-state index contributed by atoms with van der Waals surface area (Å²) in [5, 5.41) is 7.48. The molecular weight excluding hydrogens is 458 g/mol. The number of benzene rings is 2. The molecule has 8 nitrogen and oxygen atoms in total. The van der Waals surface area contributed by atoms with Gasteiger partial charge < -0.3 is 9.26 Å². The van der Waals surface area contributed by atoms with Crippen molar-refractivity contribution < 1.29 is 18.8 Å². The molecule has 3 aromatic rings. The maximum absolute atomic E-state index is 12.9. The predicted molar refractivity (Wildman–Crippen MR) is 138 cm³/mol. The van der Waals surface area contributed by atoms with Crippen LogP contribution in [0.4, 0.5) is 5.88 Å². The highest BCUT2D eigenvalue weighted by molar-refractivity contribution is 5.96. The number of carbonyl (C=O) groups excluding carboxylic acids is 2. The van der Waals surface area contributed by atoms with E-state index in [0.717, 1.165) is 23.6 Å². The Hall–Kier alpha value is -4.09. The van der Waals surface area contributed by atoms with Crippen LogP contribution in [-0.2, 0) is 20.7 Å². The number of esters is 1. The number of amides is 1. The first-order valence-electron chi connectivity index (χ1n) is 11.7. The third kappa shape index (κ3) is 7.72. The Morgan fingerprint density at radius 2 is 1.81 bits per heavy atom. The van der Waals surface area contributed by atoms with Crippen molar-refractivity contribution in [1.29, 1.82) is 0 Å². The number of rotatable bonds is 7. The molecule has 0 fully saturated rings. The molecule has 3 N–H and O–H groups in total. The summed E-state index contributed by atoms with van der Waals surface area (Å²) in [4.78, 5) is 36.6. The number of hydrogen-bond donors (Lipinski definition) is 3. The number of ether oxygens (including phenoxy) is 1. The Morgan fingerprint density at radius 1 is 1.08 bits per heavy atom. The predicted octanol–water partition coefficient (Wildman–Crippen LogP) is 3.88. The summed E-state index contributed by atoms with van der Waals surface area (Å²) in [7, 11) is 0. The summed E-state index contributed by atoms with van der Waals surface area (Å²) in [5.41, 5.74) is 2.96. The Morgan fingerprint density at radius 3 is 2.42 bits per heavy atom. The van der Waals surface area contributed by atoms with E-state index in [4.69, 9.17) is 9.26 Å². The van der Waals surface area contributed by atoms with Crippen molar-refractivity contribution in [2.24, 2.45) is 0 Å². The van der Waals surface area contributed by atoms with Gasteiger partial charge in [0, 0.05) is 5.56 Å². The zero-order valence-electron chi connectivity index (χ0n) is 21.1. The van der Waals surface area contributed by atoms with Crippen molar-refractivity contribution in [2.45, 2.75) is 58.7 Å². The lowest BCUT2D eigenvalue weighted by atomic mass is 10.0. The molecule has 0 saturated carbocycles. The monoisotopic (exact) mass is 489 g/mol. The highest BCUT2D eigenvalue weighted by Crippen LogP contribution is 2.21. The molecule has 188 valence electrons. The quantitative estimate of drug-likeness (QED) is 0.343. The molecule has 0 radical (unpaired) electrons. The Kier molecular flexibility index (Phi) is 8.51. The average Bonchev–Trinajstić information content (AvgIpc) is 3.25. The lowest BCUT2D eigenvalue weighted by molar-refractivity contribution is -0.157. The van der Waals surface area contributed by atoms with Crippen LogP contribution in [0.3, 0.4) is 0 Å². The minimum absolute atomic E-state index is 0.0535. The van der Waals surface area contributed by atoms with Crippen LogP contribution in [0, 0.1) is 11.8 Å². The molecule has 1 aromatic heterocycles. The van der Waals surface area contributed by atoms with Gasteiger partial charge in [0.2, 0.25) is 5.88 Å². The van der Waals surface area contributed by atoms with E-state index < -0.39 is 35.1 Å². The number of nitrogens with one attached hydrogen (secondary N) is 3. The number of hydrogen-bond acceptors (Lipinski definition) is 6. The maximum atomic E-state index is 12.9. The van der Waals surface area contributed by atoms with Crippen LogP contribution in [0.5, 0.6) is 0 Å². The zero-order chi connectivity index (χ0) is 26.3. The van der Waals surface area contributed by atoms with E-state index in [-0.39, 0.29) is 5.88 Å². The molecular formula is C28H31N3O5. The summed E-state index contributed by atoms with van der Waals surface area (Å²) >= 11 is 0. The van der Waals surface area contributed by atoms with Crippen molar-refractivity contribution in [3.05, 3.63) is 76.1 Å². The third-order valence-electron chi connectivity index (χ3n) is 5.12. The molecule has 1 amide bonds. The van der Waals surface area contributed by atoms with Crippen molar-refractivity contribution in [3.8, 4) is 23.0 Å². The van der Waals surface area contributed by atoms with Gasteiger partial charge in [-0.3, -0.25) is 25.0 Å². The van der Waals surface area contributed by atoms with E-state index in [1.165, 1.54) is 5.56 Å². The normalized spacial score (nSPS) is 12.7. The van der Waals surface area contributed by atoms with E-state index in [1.54, 1.807) is 27.7 Å². The average molecular weight is 490 g/mol. The summed E-state index contributed by atoms with van der Waals surface area (Å²) in [6.07, 6.45) is 0.960. The summed E-state index contributed by atoms with van der Waals surface area (Å²) in [6, 6.07) is 15.2. The second-order valence-corrected chi connectivity index (χ2v) is 9.32. The molecule has 0 unspecified atom stereocenters. The fourth-order valence-electron chi connectivity index (χ4n) is 3.30. The molecule has 2 aromatic carbocycles. The van der Waals surface area contributed by atoms with Gasteiger partial charge in [-0.05, 0) is 62.9 Å². The first-order valence-corrected chi connectivity index (χ1v) is 11.7. The third-order valence-corrected chi connectivity index (χ3v) is 5.12. The van der Waals surface area contributed by atoms with Crippen LogP contribution in [0.15, 0.2) is 63.9 Å². The standard InChI is InChI=1S/C28H31N3O5/c1-6-19-8-7-9-22(16-19)21-13-10-20(11-14-21)12-15-23(26(33)30-25-17-24(32)31-36-25)29-18(2)27(34)35-28(3,4)5/h7-11,13-14,16-18,23,29H,6H2,1-5H3,(H,30,33)(H,31,32)/t18-,23-/m0/s1. The van der Waals surface area contributed by atoms with Gasteiger partial charge in [-0.2, -0.15) is 5.16 Å². The number of anilines is 1. The van der Waals surface area contributed by atoms with Gasteiger partial charge >= 0.3 is 5.97 Å². The number of aromatic amines is 1. The lowest BCUT2D eigenvalue weighted by Gasteiger charge is -2.24. The van der Waals surface area contributed by atoms with E-state index in [0.29, 0.717) is 5.56 Å². The number of H-pyrrole nitrogens is 1. The van der Waals surface area contributed by atoms with Gasteiger partial charge in [-0.1, -0.05) is 55.2 Å². The fourth-order valence-corrected chi connectivity index (χ4v) is 3.30. The summed E-state index contributed by atoms with van der Waals surface area (Å²) in [5.74, 6) is 4.70. The molecule has 0 aliphatic carbocycles. The molecule has 36 heavy (non-hydrogen) atoms. The van der Waals surface area contributed by atoms with Gasteiger partial charge in [0.15, 0.2) is 6.04 Å². The molecule has 0 aliphatic rings. The largest absolute Gasteiger partial charge is 0.459 e. The summed E-state index contributed by atoms with van der Waals surface area (Å²) in [6.45, 7) is 8.99. The van der Waals surface area contributed by atoms with Crippen molar-refractivity contribution in [3.63, 3.8) is 0 Å². The number of carbonyl (C=O) groups is 2. The first kappa shape index (κ1) is 26.5. The first-order chi connectivity index (χ1) is 17.0. The molecule has 0 bridgehead atoms.